The molecule has 2 nitrogen and oxygen atoms in total. The zero-order valence-electron chi connectivity index (χ0n) is 14.3. The minimum absolute atomic E-state index is 0.0836. The average molecular weight is 304 g/mol. The smallest absolute Gasteiger partial charge is 0.123 e. The molecule has 4 saturated carbocycles. The van der Waals surface area contributed by atoms with E-state index in [2.05, 4.69) is 13.8 Å². The summed E-state index contributed by atoms with van der Waals surface area (Å²) in [6.45, 7) is 4.85. The molecule has 0 aromatic rings. The maximum atomic E-state index is 11.9. The summed E-state index contributed by atoms with van der Waals surface area (Å²) < 4.78 is 0. The molecule has 1 N–H and O–H groups in total. The number of aliphatic hydroxyl groups excluding tert-OH is 1. The lowest BCUT2D eigenvalue weighted by molar-refractivity contribution is -0.152. The lowest BCUT2D eigenvalue weighted by Gasteiger charge is -2.61. The fourth-order valence-corrected chi connectivity index (χ4v) is 7.47. The van der Waals surface area contributed by atoms with E-state index in [4.69, 9.17) is 0 Å². The third kappa shape index (κ3) is 1.85. The van der Waals surface area contributed by atoms with Gasteiger partial charge in [0.05, 0.1) is 6.10 Å². The van der Waals surface area contributed by atoms with Crippen LogP contribution in [0.3, 0.4) is 0 Å². The number of aldehydes is 1. The minimum atomic E-state index is -0.136. The molecule has 0 aromatic carbocycles. The Morgan fingerprint density at radius 2 is 1.73 bits per heavy atom. The molecule has 2 heteroatoms. The Balaban J connectivity index is 1.72. The van der Waals surface area contributed by atoms with Crippen molar-refractivity contribution < 1.29 is 9.90 Å². The van der Waals surface area contributed by atoms with Gasteiger partial charge in [-0.05, 0) is 79.4 Å². The Bertz CT molecular complexity index is 461. The van der Waals surface area contributed by atoms with Crippen molar-refractivity contribution >= 4 is 6.29 Å². The van der Waals surface area contributed by atoms with Crippen LogP contribution in [-0.4, -0.2) is 17.5 Å². The number of hydrogen-bond acceptors (Lipinski definition) is 2. The number of rotatable bonds is 1. The maximum absolute atomic E-state index is 11.9. The van der Waals surface area contributed by atoms with Gasteiger partial charge in [0.25, 0.3) is 0 Å². The SMILES string of the molecule is C[C@]12CCCCC1CC(C=O)[C@@H]1[C@H]2CC[C@]2(C)C(O)CC[C@@H]12. The molecule has 0 saturated heterocycles. The van der Waals surface area contributed by atoms with Crippen LogP contribution in [0, 0.1) is 40.4 Å². The van der Waals surface area contributed by atoms with Gasteiger partial charge < -0.3 is 9.90 Å². The van der Waals surface area contributed by atoms with Gasteiger partial charge in [0, 0.05) is 5.92 Å². The molecule has 0 heterocycles. The third-order valence-corrected chi connectivity index (χ3v) is 8.81. The Labute approximate surface area is 135 Å². The molecule has 22 heavy (non-hydrogen) atoms. The first-order valence-electron chi connectivity index (χ1n) is 9.64. The van der Waals surface area contributed by atoms with Gasteiger partial charge in [-0.15, -0.1) is 0 Å². The van der Waals surface area contributed by atoms with Gasteiger partial charge in [-0.3, -0.25) is 0 Å². The first kappa shape index (κ1) is 15.2. The van der Waals surface area contributed by atoms with Crippen LogP contribution in [0.5, 0.6) is 0 Å². The summed E-state index contributed by atoms with van der Waals surface area (Å²) in [4.78, 5) is 11.9. The topological polar surface area (TPSA) is 37.3 Å². The quantitative estimate of drug-likeness (QED) is 0.737. The molecule has 4 aliphatic rings. The van der Waals surface area contributed by atoms with E-state index in [1.54, 1.807) is 0 Å². The highest BCUT2D eigenvalue weighted by Gasteiger charge is 2.61. The second kappa shape index (κ2) is 5.06. The molecule has 0 bridgehead atoms. The van der Waals surface area contributed by atoms with Crippen molar-refractivity contribution in [3.8, 4) is 0 Å². The molecule has 3 unspecified atom stereocenters. The number of aliphatic hydroxyl groups is 1. The average Bonchev–Trinajstić information content (AvgIpc) is 2.82. The van der Waals surface area contributed by atoms with Gasteiger partial charge in [-0.2, -0.15) is 0 Å². The van der Waals surface area contributed by atoms with Gasteiger partial charge in [0.2, 0.25) is 0 Å². The predicted molar refractivity (Wildman–Crippen MR) is 87.3 cm³/mol. The molecule has 8 atom stereocenters. The van der Waals surface area contributed by atoms with Gasteiger partial charge in [-0.25, -0.2) is 0 Å². The Morgan fingerprint density at radius 3 is 2.50 bits per heavy atom. The van der Waals surface area contributed by atoms with Crippen molar-refractivity contribution in [3.63, 3.8) is 0 Å². The van der Waals surface area contributed by atoms with E-state index in [1.807, 2.05) is 0 Å². The molecular weight excluding hydrogens is 272 g/mol. The van der Waals surface area contributed by atoms with E-state index in [-0.39, 0.29) is 17.4 Å². The van der Waals surface area contributed by atoms with Crippen LogP contribution in [0.2, 0.25) is 0 Å². The number of hydrogen-bond donors (Lipinski definition) is 1. The number of fused-ring (bicyclic) bond motifs is 5. The Hall–Kier alpha value is -0.370. The fraction of sp³-hybridized carbons (Fsp3) is 0.950. The van der Waals surface area contributed by atoms with Crippen LogP contribution >= 0.6 is 0 Å². The summed E-state index contributed by atoms with van der Waals surface area (Å²) in [5.41, 5.74) is 0.553. The fourth-order valence-electron chi connectivity index (χ4n) is 7.47. The molecule has 0 aliphatic heterocycles. The number of carbonyl (C=O) groups excluding carboxylic acids is 1. The van der Waals surface area contributed by atoms with E-state index in [0.717, 1.165) is 31.1 Å². The monoisotopic (exact) mass is 304 g/mol. The van der Waals surface area contributed by atoms with Gasteiger partial charge >= 0.3 is 0 Å². The van der Waals surface area contributed by atoms with Crippen LogP contribution in [0.4, 0.5) is 0 Å². The van der Waals surface area contributed by atoms with Crippen molar-refractivity contribution in [2.75, 3.05) is 0 Å². The van der Waals surface area contributed by atoms with Crippen LogP contribution < -0.4 is 0 Å². The molecular formula is C20H32O2. The first-order chi connectivity index (χ1) is 10.5. The van der Waals surface area contributed by atoms with Crippen molar-refractivity contribution in [1.82, 2.24) is 0 Å². The van der Waals surface area contributed by atoms with Gasteiger partial charge in [0.1, 0.15) is 6.29 Å². The molecule has 0 amide bonds. The minimum Gasteiger partial charge on any atom is -0.393 e. The van der Waals surface area contributed by atoms with Crippen LogP contribution in [0.25, 0.3) is 0 Å². The summed E-state index contributed by atoms with van der Waals surface area (Å²) in [5, 5.41) is 10.5. The zero-order valence-corrected chi connectivity index (χ0v) is 14.3. The highest BCUT2D eigenvalue weighted by atomic mass is 16.3. The van der Waals surface area contributed by atoms with Crippen molar-refractivity contribution in [2.24, 2.45) is 40.4 Å². The van der Waals surface area contributed by atoms with Gasteiger partial charge in [-0.1, -0.05) is 26.7 Å². The normalized spacial score (nSPS) is 57.6. The van der Waals surface area contributed by atoms with E-state index in [1.165, 1.54) is 44.8 Å². The molecule has 0 aromatic heterocycles. The van der Waals surface area contributed by atoms with E-state index >= 15 is 0 Å². The second-order valence-electron chi connectivity index (χ2n) is 9.41. The highest BCUT2D eigenvalue weighted by molar-refractivity contribution is 5.55. The highest BCUT2D eigenvalue weighted by Crippen LogP contribution is 2.67. The summed E-state index contributed by atoms with van der Waals surface area (Å²) in [5.74, 6) is 2.89. The number of carbonyl (C=O) groups is 1. The lowest BCUT2D eigenvalue weighted by atomic mass is 9.43. The van der Waals surface area contributed by atoms with Crippen LogP contribution in [-0.2, 0) is 4.79 Å². The summed E-state index contributed by atoms with van der Waals surface area (Å²) in [7, 11) is 0. The van der Waals surface area contributed by atoms with Crippen molar-refractivity contribution in [1.29, 1.82) is 0 Å². The van der Waals surface area contributed by atoms with E-state index < -0.39 is 0 Å². The van der Waals surface area contributed by atoms with E-state index in [0.29, 0.717) is 17.3 Å². The third-order valence-electron chi connectivity index (χ3n) is 8.81. The Kier molecular flexibility index (Phi) is 3.49. The Morgan fingerprint density at radius 1 is 0.955 bits per heavy atom. The molecule has 124 valence electrons. The van der Waals surface area contributed by atoms with Crippen LogP contribution in [0.1, 0.15) is 71.6 Å². The zero-order chi connectivity index (χ0) is 15.5. The predicted octanol–water partition coefficient (Wildman–Crippen LogP) is 4.21. The van der Waals surface area contributed by atoms with Crippen molar-refractivity contribution in [3.05, 3.63) is 0 Å². The standard InChI is InChI=1S/C20H32O2/c1-19-9-4-3-5-14(19)11-13(12-21)18-15-6-7-17(22)20(15,2)10-8-16(18)19/h12-18,22H,3-11H2,1-2H3/t13?,14?,15-,16+,17?,18-,19-,20-/m0/s1. The molecule has 4 fully saturated rings. The molecule has 4 rings (SSSR count). The molecule has 0 radical (unpaired) electrons. The lowest BCUT2D eigenvalue weighted by Crippen LogP contribution is -2.56. The summed E-state index contributed by atoms with van der Waals surface area (Å²) >= 11 is 0. The maximum Gasteiger partial charge on any atom is 0.123 e. The second-order valence-corrected chi connectivity index (χ2v) is 9.41. The van der Waals surface area contributed by atoms with Crippen LogP contribution in [0.15, 0.2) is 0 Å². The van der Waals surface area contributed by atoms with E-state index in [9.17, 15) is 9.90 Å². The first-order valence-corrected chi connectivity index (χ1v) is 9.64. The summed E-state index contributed by atoms with van der Waals surface area (Å²) in [6, 6.07) is 0. The summed E-state index contributed by atoms with van der Waals surface area (Å²) in [6.07, 6.45) is 12.3. The molecule has 4 aliphatic carbocycles. The van der Waals surface area contributed by atoms with Crippen molar-refractivity contribution in [2.45, 2.75) is 77.7 Å². The van der Waals surface area contributed by atoms with Gasteiger partial charge in [0.15, 0.2) is 0 Å². The molecule has 0 spiro atoms. The largest absolute Gasteiger partial charge is 0.393 e.